The monoisotopic (exact) mass is 578 g/mol. The van der Waals surface area contributed by atoms with Crippen LogP contribution in [-0.4, -0.2) is 64.5 Å². The normalized spacial score (nSPS) is 12.9. The standard InChI is InChI=1S/C25H26ClF3N8O3/c1-24(2,30)13-31-22(39)17-5-3-4-6-18(17)37-14-32-20(33-37)12-36-23(40)35(11-19(38)25(27,28)29)21(34-36)15-7-9-16(26)10-8-15/h3-10,14,19,38H,11-13,30H2,1-2H3,(H,31,39)/t19-/m0/s1. The van der Waals surface area contributed by atoms with Crippen LogP contribution in [0, 0.1) is 0 Å². The first-order chi connectivity index (χ1) is 18.7. The summed E-state index contributed by atoms with van der Waals surface area (Å²) in [5, 5.41) is 21.3. The van der Waals surface area contributed by atoms with Crippen LogP contribution >= 0.6 is 11.6 Å². The number of aromatic nitrogens is 6. The van der Waals surface area contributed by atoms with Gasteiger partial charge in [-0.25, -0.2) is 19.1 Å². The number of halogens is 4. The molecule has 11 nitrogen and oxygen atoms in total. The molecule has 0 aliphatic heterocycles. The maximum Gasteiger partial charge on any atom is 0.416 e. The third kappa shape index (κ3) is 6.76. The van der Waals surface area contributed by atoms with Gasteiger partial charge < -0.3 is 16.2 Å². The van der Waals surface area contributed by atoms with Crippen LogP contribution in [0.25, 0.3) is 17.1 Å². The highest BCUT2D eigenvalue weighted by Gasteiger charge is 2.39. The second kappa shape index (κ2) is 11.2. The topological polar surface area (TPSA) is 146 Å². The average molecular weight is 579 g/mol. The summed E-state index contributed by atoms with van der Waals surface area (Å²) < 4.78 is 42.3. The Balaban J connectivity index is 1.65. The van der Waals surface area contributed by atoms with Crippen LogP contribution in [0.1, 0.15) is 30.0 Å². The van der Waals surface area contributed by atoms with Gasteiger partial charge in [0.15, 0.2) is 17.8 Å². The molecule has 2 heterocycles. The first kappa shape index (κ1) is 29.0. The van der Waals surface area contributed by atoms with Crippen molar-refractivity contribution in [3.8, 4) is 17.1 Å². The Morgan fingerprint density at radius 1 is 1.12 bits per heavy atom. The van der Waals surface area contributed by atoms with E-state index in [2.05, 4.69) is 20.5 Å². The second-order valence-corrected chi connectivity index (χ2v) is 10.2. The van der Waals surface area contributed by atoms with Crippen molar-refractivity contribution in [1.82, 2.24) is 34.4 Å². The zero-order valence-corrected chi connectivity index (χ0v) is 22.2. The van der Waals surface area contributed by atoms with E-state index in [1.807, 2.05) is 0 Å². The molecule has 4 rings (SSSR count). The lowest BCUT2D eigenvalue weighted by molar-refractivity contribution is -0.207. The van der Waals surface area contributed by atoms with Gasteiger partial charge in [0.05, 0.1) is 17.8 Å². The first-order valence-corrected chi connectivity index (χ1v) is 12.4. The maximum atomic E-state index is 13.1. The summed E-state index contributed by atoms with van der Waals surface area (Å²) in [5.74, 6) is -0.379. The Bertz CT molecular complexity index is 1550. The number of para-hydroxylation sites is 1. The lowest BCUT2D eigenvalue weighted by atomic mass is 10.1. The molecule has 212 valence electrons. The summed E-state index contributed by atoms with van der Waals surface area (Å²) >= 11 is 5.92. The fraction of sp³-hybridized carbons (Fsp3) is 0.320. The predicted octanol–water partition coefficient (Wildman–Crippen LogP) is 2.38. The fourth-order valence-electron chi connectivity index (χ4n) is 3.69. The molecule has 4 N–H and O–H groups in total. The van der Waals surface area contributed by atoms with E-state index in [-0.39, 0.29) is 30.6 Å². The molecule has 4 aromatic rings. The number of aliphatic hydroxyl groups excluding tert-OH is 1. The van der Waals surface area contributed by atoms with E-state index in [4.69, 9.17) is 17.3 Å². The quantitative estimate of drug-likeness (QED) is 0.276. The van der Waals surface area contributed by atoms with E-state index in [9.17, 15) is 27.9 Å². The molecule has 2 aromatic carbocycles. The minimum Gasteiger partial charge on any atom is -0.382 e. The summed E-state index contributed by atoms with van der Waals surface area (Å²) in [7, 11) is 0. The lowest BCUT2D eigenvalue weighted by Gasteiger charge is -2.19. The first-order valence-electron chi connectivity index (χ1n) is 12.0. The highest BCUT2D eigenvalue weighted by Crippen LogP contribution is 2.24. The lowest BCUT2D eigenvalue weighted by Crippen LogP contribution is -2.45. The number of amides is 1. The molecule has 1 atom stereocenters. The van der Waals surface area contributed by atoms with Gasteiger partial charge in [0, 0.05) is 22.7 Å². The summed E-state index contributed by atoms with van der Waals surface area (Å²) in [6.45, 7) is 2.41. The van der Waals surface area contributed by atoms with Gasteiger partial charge in [0.2, 0.25) is 0 Å². The fourth-order valence-corrected chi connectivity index (χ4v) is 3.81. The predicted molar refractivity (Wildman–Crippen MR) is 140 cm³/mol. The Labute approximate surface area is 231 Å². The van der Waals surface area contributed by atoms with Gasteiger partial charge in [0.1, 0.15) is 12.9 Å². The molecule has 0 spiro atoms. The van der Waals surface area contributed by atoms with Crippen LogP contribution in [0.5, 0.6) is 0 Å². The number of nitrogens with one attached hydrogen (secondary N) is 1. The molecule has 0 bridgehead atoms. The molecule has 0 aliphatic carbocycles. The molecular weight excluding hydrogens is 553 g/mol. The van der Waals surface area contributed by atoms with E-state index >= 15 is 0 Å². The van der Waals surface area contributed by atoms with Gasteiger partial charge in [-0.1, -0.05) is 23.7 Å². The molecule has 40 heavy (non-hydrogen) atoms. The number of carbonyl (C=O) groups is 1. The van der Waals surface area contributed by atoms with E-state index in [1.165, 1.54) is 35.3 Å². The van der Waals surface area contributed by atoms with Crippen molar-refractivity contribution in [3.63, 3.8) is 0 Å². The number of hydrogen-bond donors (Lipinski definition) is 3. The van der Waals surface area contributed by atoms with Crippen molar-refractivity contribution in [2.45, 2.75) is 44.8 Å². The molecule has 0 radical (unpaired) electrons. The van der Waals surface area contributed by atoms with Gasteiger partial charge in [-0.05, 0) is 50.2 Å². The number of alkyl halides is 3. The number of hydrogen-bond acceptors (Lipinski definition) is 7. The number of rotatable bonds is 9. The molecular formula is C25H26ClF3N8O3. The van der Waals surface area contributed by atoms with Gasteiger partial charge in [0.25, 0.3) is 5.91 Å². The zero-order valence-electron chi connectivity index (χ0n) is 21.4. The second-order valence-electron chi connectivity index (χ2n) is 9.73. The minimum atomic E-state index is -4.95. The van der Waals surface area contributed by atoms with Crippen molar-refractivity contribution < 1.29 is 23.1 Å². The van der Waals surface area contributed by atoms with E-state index in [0.29, 0.717) is 21.8 Å². The minimum absolute atomic E-state index is 0.101. The van der Waals surface area contributed by atoms with Crippen LogP contribution < -0.4 is 16.7 Å². The number of aliphatic hydroxyl groups is 1. The largest absolute Gasteiger partial charge is 0.416 e. The molecule has 15 heteroatoms. The molecule has 1 amide bonds. The van der Waals surface area contributed by atoms with Crippen LogP contribution in [0.3, 0.4) is 0 Å². The smallest absolute Gasteiger partial charge is 0.382 e. The number of nitrogens with zero attached hydrogens (tertiary/aromatic N) is 6. The Morgan fingerprint density at radius 2 is 1.80 bits per heavy atom. The van der Waals surface area contributed by atoms with E-state index < -0.39 is 30.1 Å². The van der Waals surface area contributed by atoms with Crippen molar-refractivity contribution in [1.29, 1.82) is 0 Å². The Hall–Kier alpha value is -4.01. The number of benzene rings is 2. The average Bonchev–Trinajstić information content (AvgIpc) is 3.47. The van der Waals surface area contributed by atoms with Crippen molar-refractivity contribution in [2.24, 2.45) is 5.73 Å². The molecule has 0 saturated carbocycles. The van der Waals surface area contributed by atoms with Crippen molar-refractivity contribution >= 4 is 17.5 Å². The summed E-state index contributed by atoms with van der Waals surface area (Å²) in [6.07, 6.45) is -6.40. The number of carbonyl (C=O) groups excluding carboxylic acids is 1. The highest BCUT2D eigenvalue weighted by molar-refractivity contribution is 6.30. The van der Waals surface area contributed by atoms with Crippen LogP contribution in [0.2, 0.25) is 5.02 Å². The van der Waals surface area contributed by atoms with E-state index in [0.717, 1.165) is 9.25 Å². The maximum absolute atomic E-state index is 13.1. The summed E-state index contributed by atoms with van der Waals surface area (Å²) in [5.41, 5.74) is 5.44. The Morgan fingerprint density at radius 3 is 2.45 bits per heavy atom. The highest BCUT2D eigenvalue weighted by atomic mass is 35.5. The van der Waals surface area contributed by atoms with Gasteiger partial charge in [-0.3, -0.25) is 9.36 Å². The van der Waals surface area contributed by atoms with Crippen molar-refractivity contribution in [2.75, 3.05) is 6.54 Å². The summed E-state index contributed by atoms with van der Waals surface area (Å²) in [4.78, 5) is 30.1. The zero-order chi connectivity index (χ0) is 29.2. The van der Waals surface area contributed by atoms with Gasteiger partial charge >= 0.3 is 11.9 Å². The van der Waals surface area contributed by atoms with E-state index in [1.54, 1.807) is 38.1 Å². The van der Waals surface area contributed by atoms with Crippen molar-refractivity contribution in [3.05, 3.63) is 81.8 Å². The van der Waals surface area contributed by atoms with Crippen LogP contribution in [0.4, 0.5) is 13.2 Å². The third-order valence-electron chi connectivity index (χ3n) is 5.69. The van der Waals surface area contributed by atoms with Gasteiger partial charge in [-0.15, -0.1) is 10.2 Å². The third-order valence-corrected chi connectivity index (χ3v) is 5.94. The van der Waals surface area contributed by atoms with Crippen LogP contribution in [0.15, 0.2) is 59.7 Å². The SMILES string of the molecule is CC(C)(N)CNC(=O)c1ccccc1-n1cnc(Cn2nc(-c3ccc(Cl)cc3)n(C[C@H](O)C(F)(F)F)c2=O)n1. The molecule has 0 aliphatic rings. The molecule has 0 fully saturated rings. The number of nitrogens with two attached hydrogens (primary N) is 1. The molecule has 0 saturated heterocycles. The summed E-state index contributed by atoms with van der Waals surface area (Å²) in [6, 6.07) is 12.6. The Kier molecular flexibility index (Phi) is 8.14. The molecule has 0 unspecified atom stereocenters. The molecule has 2 aromatic heterocycles. The van der Waals surface area contributed by atoms with Crippen LogP contribution in [-0.2, 0) is 13.1 Å². The van der Waals surface area contributed by atoms with Gasteiger partial charge in [-0.2, -0.15) is 13.2 Å².